The molecule has 1 N–H and O–H groups in total. The molecule has 0 fully saturated rings. The normalized spacial score (nSPS) is 10.8. The summed E-state index contributed by atoms with van der Waals surface area (Å²) >= 11 is 3.39. The van der Waals surface area contributed by atoms with E-state index in [9.17, 15) is 4.79 Å². The zero-order valence-corrected chi connectivity index (χ0v) is 13.9. The van der Waals surface area contributed by atoms with Gasteiger partial charge in [-0.3, -0.25) is 4.79 Å². The molecule has 0 bridgehead atoms. The number of nitrogens with zero attached hydrogens (tertiary/aromatic N) is 2. The Morgan fingerprint density at radius 2 is 2.16 bits per heavy atom. The maximum Gasteiger partial charge on any atom is 0.269 e. The van der Waals surface area contributed by atoms with Gasteiger partial charge in [0.15, 0.2) is 0 Å². The molecule has 1 aromatic carbocycles. The van der Waals surface area contributed by atoms with E-state index in [2.05, 4.69) is 37.5 Å². The second-order valence-electron chi connectivity index (χ2n) is 4.51. The molecule has 0 aliphatic carbocycles. The summed E-state index contributed by atoms with van der Waals surface area (Å²) in [5, 5.41) is 6.96. The molecule has 6 heteroatoms. The first-order valence-electron chi connectivity index (χ1n) is 5.89. The Morgan fingerprint density at radius 1 is 1.42 bits per heavy atom. The Bertz CT molecular complexity index is 610. The Hall–Kier alpha value is -1.02. The summed E-state index contributed by atoms with van der Waals surface area (Å²) in [4.78, 5) is 12.9. The minimum Gasteiger partial charge on any atom is -0.321 e. The van der Waals surface area contributed by atoms with Gasteiger partial charge in [0.2, 0.25) is 0 Å². The molecule has 0 aliphatic heterocycles. The number of benzene rings is 1. The molecule has 1 heterocycles. The number of halogens is 1. The monoisotopic (exact) mass is 387 g/mol. The molecule has 1 amide bonds. The molecule has 0 saturated heterocycles. The first kappa shape index (κ1) is 14.4. The first-order valence-corrected chi connectivity index (χ1v) is 7.74. The standard InChI is InChI=1S/C13H14IN3OS/c1-7(2)11-12(19-17-16-11)13(18)15-10-6-4-5-9(14)8(10)3/h4-7H,1-3H3,(H,15,18). The van der Waals surface area contributed by atoms with E-state index in [1.807, 2.05) is 39.0 Å². The van der Waals surface area contributed by atoms with Crippen LogP contribution in [0.25, 0.3) is 0 Å². The zero-order chi connectivity index (χ0) is 14.0. The first-order chi connectivity index (χ1) is 9.00. The number of amides is 1. The molecule has 0 atom stereocenters. The summed E-state index contributed by atoms with van der Waals surface area (Å²) in [6.45, 7) is 6.00. The number of carbonyl (C=O) groups excluding carboxylic acids is 1. The minimum atomic E-state index is -0.135. The average Bonchev–Trinajstić information content (AvgIpc) is 2.84. The fraction of sp³-hybridized carbons (Fsp3) is 0.308. The highest BCUT2D eigenvalue weighted by atomic mass is 127. The minimum absolute atomic E-state index is 0.135. The van der Waals surface area contributed by atoms with Crippen molar-refractivity contribution in [3.05, 3.63) is 37.9 Å². The van der Waals surface area contributed by atoms with E-state index in [-0.39, 0.29) is 11.8 Å². The predicted octanol–water partition coefficient (Wildman–Crippen LogP) is 3.83. The van der Waals surface area contributed by atoms with E-state index in [1.54, 1.807) is 0 Å². The number of anilines is 1. The second kappa shape index (κ2) is 5.96. The van der Waals surface area contributed by atoms with Gasteiger partial charge in [0.1, 0.15) is 4.88 Å². The van der Waals surface area contributed by atoms with Gasteiger partial charge in [-0.1, -0.05) is 24.4 Å². The van der Waals surface area contributed by atoms with Crippen molar-refractivity contribution in [1.29, 1.82) is 0 Å². The van der Waals surface area contributed by atoms with Crippen molar-refractivity contribution in [3.63, 3.8) is 0 Å². The van der Waals surface area contributed by atoms with Gasteiger partial charge in [-0.2, -0.15) is 0 Å². The van der Waals surface area contributed by atoms with Crippen LogP contribution in [0.1, 0.15) is 40.7 Å². The Balaban J connectivity index is 2.26. The number of hydrogen-bond donors (Lipinski definition) is 1. The van der Waals surface area contributed by atoms with Crippen LogP contribution in [0.4, 0.5) is 5.69 Å². The summed E-state index contributed by atoms with van der Waals surface area (Å²) in [5.74, 6) is 0.0558. The molecular formula is C13H14IN3OS. The third-order valence-corrected chi connectivity index (χ3v) is 4.69. The maximum absolute atomic E-state index is 12.3. The average molecular weight is 387 g/mol. The van der Waals surface area contributed by atoms with E-state index in [0.717, 1.165) is 32.0 Å². The Kier molecular flexibility index (Phi) is 4.51. The topological polar surface area (TPSA) is 54.9 Å². The van der Waals surface area contributed by atoms with Crippen molar-refractivity contribution in [3.8, 4) is 0 Å². The van der Waals surface area contributed by atoms with Gasteiger partial charge in [-0.15, -0.1) is 5.10 Å². The number of aromatic nitrogens is 2. The van der Waals surface area contributed by atoms with Gasteiger partial charge < -0.3 is 5.32 Å². The van der Waals surface area contributed by atoms with Crippen LogP contribution in [0, 0.1) is 10.5 Å². The van der Waals surface area contributed by atoms with Gasteiger partial charge in [-0.05, 0) is 64.7 Å². The van der Waals surface area contributed by atoms with Crippen LogP contribution < -0.4 is 5.32 Å². The second-order valence-corrected chi connectivity index (χ2v) is 6.42. The van der Waals surface area contributed by atoms with E-state index in [1.165, 1.54) is 0 Å². The summed E-state index contributed by atoms with van der Waals surface area (Å²) in [5.41, 5.74) is 2.66. The summed E-state index contributed by atoms with van der Waals surface area (Å²) < 4.78 is 5.00. The molecule has 0 aliphatic rings. The number of nitrogens with one attached hydrogen (secondary N) is 1. The lowest BCUT2D eigenvalue weighted by atomic mass is 10.1. The molecule has 0 radical (unpaired) electrons. The van der Waals surface area contributed by atoms with Crippen LogP contribution in [0.3, 0.4) is 0 Å². The van der Waals surface area contributed by atoms with Gasteiger partial charge in [-0.25, -0.2) is 0 Å². The van der Waals surface area contributed by atoms with Gasteiger partial charge in [0.05, 0.1) is 5.69 Å². The Labute approximate surface area is 129 Å². The quantitative estimate of drug-likeness (QED) is 0.815. The molecule has 0 unspecified atom stereocenters. The maximum atomic E-state index is 12.3. The van der Waals surface area contributed by atoms with Crippen molar-refractivity contribution < 1.29 is 4.79 Å². The van der Waals surface area contributed by atoms with Crippen molar-refractivity contribution in [2.24, 2.45) is 0 Å². The van der Waals surface area contributed by atoms with Crippen molar-refractivity contribution in [2.75, 3.05) is 5.32 Å². The number of hydrogen-bond acceptors (Lipinski definition) is 4. The summed E-state index contributed by atoms with van der Waals surface area (Å²) in [7, 11) is 0. The zero-order valence-electron chi connectivity index (χ0n) is 10.9. The highest BCUT2D eigenvalue weighted by molar-refractivity contribution is 14.1. The summed E-state index contributed by atoms with van der Waals surface area (Å²) in [6.07, 6.45) is 0. The third-order valence-electron chi connectivity index (χ3n) is 2.78. The van der Waals surface area contributed by atoms with Crippen LogP contribution in [0.5, 0.6) is 0 Å². The Morgan fingerprint density at radius 3 is 2.84 bits per heavy atom. The smallest absolute Gasteiger partial charge is 0.269 e. The van der Waals surface area contributed by atoms with Crippen molar-refractivity contribution in [2.45, 2.75) is 26.7 Å². The molecule has 0 spiro atoms. The highest BCUT2D eigenvalue weighted by Crippen LogP contribution is 2.24. The molecule has 4 nitrogen and oxygen atoms in total. The highest BCUT2D eigenvalue weighted by Gasteiger charge is 2.19. The summed E-state index contributed by atoms with van der Waals surface area (Å²) in [6, 6.07) is 5.84. The molecule has 19 heavy (non-hydrogen) atoms. The predicted molar refractivity (Wildman–Crippen MR) is 85.8 cm³/mol. The van der Waals surface area contributed by atoms with Gasteiger partial charge in [0, 0.05) is 9.26 Å². The molecule has 2 rings (SSSR count). The number of rotatable bonds is 3. The molecule has 2 aromatic rings. The molecule has 0 saturated carbocycles. The molecule has 1 aromatic heterocycles. The lowest BCUT2D eigenvalue weighted by molar-refractivity contribution is 0.102. The largest absolute Gasteiger partial charge is 0.321 e. The van der Waals surface area contributed by atoms with E-state index >= 15 is 0 Å². The van der Waals surface area contributed by atoms with Crippen LogP contribution in [-0.2, 0) is 0 Å². The van der Waals surface area contributed by atoms with Gasteiger partial charge in [0.25, 0.3) is 5.91 Å². The molecule has 100 valence electrons. The van der Waals surface area contributed by atoms with Crippen LogP contribution in [-0.4, -0.2) is 15.5 Å². The third kappa shape index (κ3) is 3.11. The fourth-order valence-electron chi connectivity index (χ4n) is 1.65. The molecular weight excluding hydrogens is 373 g/mol. The van der Waals surface area contributed by atoms with Crippen LogP contribution >= 0.6 is 34.1 Å². The van der Waals surface area contributed by atoms with Gasteiger partial charge >= 0.3 is 0 Å². The lowest BCUT2D eigenvalue weighted by Gasteiger charge is -2.09. The van der Waals surface area contributed by atoms with Crippen molar-refractivity contribution >= 4 is 45.7 Å². The van der Waals surface area contributed by atoms with Crippen molar-refractivity contribution in [1.82, 2.24) is 9.59 Å². The fourth-order valence-corrected chi connectivity index (χ4v) is 2.87. The number of carbonyl (C=O) groups is 1. The van der Waals surface area contributed by atoms with Crippen LogP contribution in [0.2, 0.25) is 0 Å². The van der Waals surface area contributed by atoms with E-state index < -0.39 is 0 Å². The van der Waals surface area contributed by atoms with Crippen LogP contribution in [0.15, 0.2) is 18.2 Å². The lowest BCUT2D eigenvalue weighted by Crippen LogP contribution is -2.14. The SMILES string of the molecule is Cc1c(I)cccc1NC(=O)c1snnc1C(C)C. The van der Waals surface area contributed by atoms with E-state index in [4.69, 9.17) is 0 Å². The van der Waals surface area contributed by atoms with E-state index in [0.29, 0.717) is 4.88 Å².